The highest BCUT2D eigenvalue weighted by atomic mass is 32.2. The summed E-state index contributed by atoms with van der Waals surface area (Å²) >= 11 is 0. The number of hydrogen-bond donors (Lipinski definition) is 1. The Morgan fingerprint density at radius 1 is 1.27 bits per heavy atom. The monoisotopic (exact) mass is 189 g/mol. The molecule has 0 aromatic carbocycles. The topological polar surface area (TPSA) is 46.2 Å². The number of halogens is 3. The molecule has 0 atom stereocenters. The molecule has 0 amide bonds. The lowest BCUT2D eigenvalue weighted by atomic mass is 10.8. The summed E-state index contributed by atoms with van der Waals surface area (Å²) in [4.78, 5) is 0. The van der Waals surface area contributed by atoms with Gasteiger partial charge in [-0.2, -0.15) is 13.2 Å². The van der Waals surface area contributed by atoms with Crippen molar-refractivity contribution < 1.29 is 21.6 Å². The lowest BCUT2D eigenvalue weighted by Gasteiger charge is -2.07. The van der Waals surface area contributed by atoms with Crippen molar-refractivity contribution in [3.05, 3.63) is 0 Å². The molecule has 3 nitrogen and oxygen atoms in total. The van der Waals surface area contributed by atoms with Crippen LogP contribution in [0.1, 0.15) is 12.8 Å². The van der Waals surface area contributed by atoms with E-state index in [1.54, 1.807) is 0 Å². The van der Waals surface area contributed by atoms with E-state index in [2.05, 4.69) is 0 Å². The van der Waals surface area contributed by atoms with Crippen LogP contribution in [0.5, 0.6) is 0 Å². The predicted octanol–water partition coefficient (Wildman–Crippen LogP) is 0.588. The first kappa shape index (κ1) is 8.79. The molecule has 1 aliphatic carbocycles. The van der Waals surface area contributed by atoms with E-state index in [1.807, 2.05) is 0 Å². The normalized spacial score (nSPS) is 20.3. The van der Waals surface area contributed by atoms with Crippen LogP contribution in [0.2, 0.25) is 0 Å². The van der Waals surface area contributed by atoms with Crippen LogP contribution in [-0.4, -0.2) is 20.0 Å². The molecular weight excluding hydrogens is 183 g/mol. The van der Waals surface area contributed by atoms with Gasteiger partial charge in [0.1, 0.15) is 0 Å². The van der Waals surface area contributed by atoms with E-state index in [4.69, 9.17) is 0 Å². The summed E-state index contributed by atoms with van der Waals surface area (Å²) in [7, 11) is -5.08. The van der Waals surface area contributed by atoms with Crippen LogP contribution in [0, 0.1) is 0 Å². The number of alkyl halides is 3. The van der Waals surface area contributed by atoms with Gasteiger partial charge in [0, 0.05) is 6.04 Å². The average molecular weight is 189 g/mol. The van der Waals surface area contributed by atoms with Gasteiger partial charge in [0.25, 0.3) is 0 Å². The number of hydrogen-bond acceptors (Lipinski definition) is 2. The summed E-state index contributed by atoms with van der Waals surface area (Å²) in [6.07, 6.45) is 0.991. The number of sulfonamides is 1. The van der Waals surface area contributed by atoms with Gasteiger partial charge in [-0.3, -0.25) is 0 Å². The molecule has 11 heavy (non-hydrogen) atoms. The lowest BCUT2D eigenvalue weighted by molar-refractivity contribution is -0.0448. The first-order chi connectivity index (χ1) is 4.83. The molecule has 7 heteroatoms. The highest BCUT2D eigenvalue weighted by Crippen LogP contribution is 2.27. The van der Waals surface area contributed by atoms with Crippen molar-refractivity contribution in [1.29, 1.82) is 0 Å². The van der Waals surface area contributed by atoms with Gasteiger partial charge in [-0.1, -0.05) is 0 Å². The molecule has 66 valence electrons. The Kier molecular flexibility index (Phi) is 1.87. The summed E-state index contributed by atoms with van der Waals surface area (Å²) in [6.45, 7) is 0. The van der Waals surface area contributed by atoms with Gasteiger partial charge in [0.2, 0.25) is 0 Å². The zero-order valence-electron chi connectivity index (χ0n) is 5.35. The number of rotatable bonds is 2. The van der Waals surface area contributed by atoms with Crippen LogP contribution in [0.15, 0.2) is 0 Å². The Labute approximate surface area is 61.6 Å². The highest BCUT2D eigenvalue weighted by Gasteiger charge is 2.48. The predicted molar refractivity (Wildman–Crippen MR) is 31.1 cm³/mol. The molecule has 0 aromatic heterocycles. The summed E-state index contributed by atoms with van der Waals surface area (Å²) in [5.41, 5.74) is -5.17. The van der Waals surface area contributed by atoms with Crippen LogP contribution in [-0.2, 0) is 10.0 Å². The summed E-state index contributed by atoms with van der Waals surface area (Å²) in [6, 6.07) is -0.498. The Hall–Kier alpha value is -0.300. The maximum atomic E-state index is 11.6. The van der Waals surface area contributed by atoms with Crippen LogP contribution in [0.4, 0.5) is 13.2 Å². The average Bonchev–Trinajstić information content (AvgIpc) is 2.45. The quantitative estimate of drug-likeness (QED) is 0.691. The minimum absolute atomic E-state index is 0.495. The molecule has 0 radical (unpaired) electrons. The Morgan fingerprint density at radius 2 is 1.73 bits per heavy atom. The molecule has 0 aromatic rings. The second-order valence-electron chi connectivity index (χ2n) is 2.34. The third-order valence-electron chi connectivity index (χ3n) is 1.20. The highest BCUT2D eigenvalue weighted by molar-refractivity contribution is 7.90. The summed E-state index contributed by atoms with van der Waals surface area (Å²) in [5, 5.41) is 0. The van der Waals surface area contributed by atoms with Crippen molar-refractivity contribution in [1.82, 2.24) is 4.72 Å². The van der Waals surface area contributed by atoms with Gasteiger partial charge in [0.05, 0.1) is 0 Å². The summed E-state index contributed by atoms with van der Waals surface area (Å²) < 4.78 is 56.8. The van der Waals surface area contributed by atoms with Gasteiger partial charge < -0.3 is 0 Å². The molecule has 0 spiro atoms. The van der Waals surface area contributed by atoms with E-state index >= 15 is 0 Å². The largest absolute Gasteiger partial charge is 0.511 e. The molecule has 1 rings (SSSR count). The molecule has 0 unspecified atom stereocenters. The standard InChI is InChI=1S/C4H6F3NO2S/c5-4(6,7)11(9,10)8-3-1-2-3/h3,8H,1-2H2. The van der Waals surface area contributed by atoms with Crippen molar-refractivity contribution in [2.75, 3.05) is 0 Å². The SMILES string of the molecule is O=S(=O)(NC1CC1)C(F)(F)F. The fraction of sp³-hybridized carbons (Fsp3) is 1.00. The molecule has 1 saturated carbocycles. The zero-order chi connectivity index (χ0) is 8.70. The molecule has 0 aliphatic heterocycles. The van der Waals surface area contributed by atoms with Crippen molar-refractivity contribution in [2.45, 2.75) is 24.4 Å². The molecule has 0 saturated heterocycles. The van der Waals surface area contributed by atoms with Gasteiger partial charge >= 0.3 is 15.5 Å². The van der Waals surface area contributed by atoms with E-state index in [1.165, 1.54) is 4.72 Å². The van der Waals surface area contributed by atoms with E-state index < -0.39 is 21.6 Å². The van der Waals surface area contributed by atoms with Gasteiger partial charge in [-0.15, -0.1) is 0 Å². The fourth-order valence-electron chi connectivity index (χ4n) is 0.487. The van der Waals surface area contributed by atoms with E-state index in [0.29, 0.717) is 12.8 Å². The first-order valence-electron chi connectivity index (χ1n) is 2.91. The maximum Gasteiger partial charge on any atom is 0.511 e. The smallest absolute Gasteiger partial charge is 0.204 e. The van der Waals surface area contributed by atoms with Crippen molar-refractivity contribution in [2.24, 2.45) is 0 Å². The third-order valence-corrected chi connectivity index (χ3v) is 2.46. The van der Waals surface area contributed by atoms with E-state index in [0.717, 1.165) is 0 Å². The lowest BCUT2D eigenvalue weighted by Crippen LogP contribution is -2.37. The minimum atomic E-state index is -5.17. The van der Waals surface area contributed by atoms with E-state index in [-0.39, 0.29) is 0 Å². The Bertz CT molecular complexity index is 241. The van der Waals surface area contributed by atoms with Gasteiger partial charge in [0.15, 0.2) is 0 Å². The van der Waals surface area contributed by atoms with Crippen LogP contribution < -0.4 is 4.72 Å². The molecule has 1 fully saturated rings. The fourth-order valence-corrected chi connectivity index (χ4v) is 1.30. The van der Waals surface area contributed by atoms with E-state index in [9.17, 15) is 21.6 Å². The second kappa shape index (κ2) is 2.34. The molecule has 1 N–H and O–H groups in total. The van der Waals surface area contributed by atoms with Crippen molar-refractivity contribution in [3.63, 3.8) is 0 Å². The maximum absolute atomic E-state index is 11.6. The second-order valence-corrected chi connectivity index (χ2v) is 4.05. The number of nitrogens with one attached hydrogen (secondary N) is 1. The van der Waals surface area contributed by atoms with Gasteiger partial charge in [-0.25, -0.2) is 13.1 Å². The molecule has 0 heterocycles. The Balaban J connectivity index is 2.65. The molecule has 1 aliphatic rings. The van der Waals surface area contributed by atoms with Crippen LogP contribution >= 0.6 is 0 Å². The molecule has 0 bridgehead atoms. The third kappa shape index (κ3) is 2.06. The zero-order valence-corrected chi connectivity index (χ0v) is 6.17. The molecular formula is C4H6F3NO2S. The van der Waals surface area contributed by atoms with Crippen molar-refractivity contribution >= 4 is 10.0 Å². The first-order valence-corrected chi connectivity index (χ1v) is 4.40. The van der Waals surface area contributed by atoms with Crippen LogP contribution in [0.25, 0.3) is 0 Å². The van der Waals surface area contributed by atoms with Crippen LogP contribution in [0.3, 0.4) is 0 Å². The Morgan fingerprint density at radius 3 is 2.00 bits per heavy atom. The summed E-state index contributed by atoms with van der Waals surface area (Å²) in [5.74, 6) is 0. The van der Waals surface area contributed by atoms with Crippen molar-refractivity contribution in [3.8, 4) is 0 Å². The minimum Gasteiger partial charge on any atom is -0.204 e. The van der Waals surface area contributed by atoms with Gasteiger partial charge in [-0.05, 0) is 12.8 Å².